The average molecular weight is 544 g/mol. The molecule has 31 heavy (non-hydrogen) atoms. The molecule has 1 fully saturated rings. The van der Waals surface area contributed by atoms with E-state index in [0.717, 1.165) is 43.4 Å². The van der Waals surface area contributed by atoms with Crippen molar-refractivity contribution in [3.63, 3.8) is 0 Å². The fourth-order valence-electron chi connectivity index (χ4n) is 3.66. The Morgan fingerprint density at radius 3 is 2.55 bits per heavy atom. The van der Waals surface area contributed by atoms with Crippen molar-refractivity contribution in [1.82, 2.24) is 15.5 Å². The Hall–Kier alpha value is -1.65. The Morgan fingerprint density at radius 2 is 1.94 bits per heavy atom. The molecule has 1 aliphatic rings. The smallest absolute Gasteiger partial charge is 0.191 e. The number of guanidine groups is 1. The largest absolute Gasteiger partial charge is 0.465 e. The van der Waals surface area contributed by atoms with Crippen molar-refractivity contribution in [1.29, 1.82) is 0 Å². The first-order valence-corrected chi connectivity index (χ1v) is 10.5. The lowest BCUT2D eigenvalue weighted by molar-refractivity contribution is 0.0124. The van der Waals surface area contributed by atoms with Gasteiger partial charge in [0.25, 0.3) is 0 Å². The van der Waals surface area contributed by atoms with Crippen LogP contribution < -0.4 is 10.6 Å². The molecule has 2 heterocycles. The Morgan fingerprint density at radius 1 is 1.19 bits per heavy atom. The van der Waals surface area contributed by atoms with Crippen LogP contribution in [-0.2, 0) is 10.2 Å². The van der Waals surface area contributed by atoms with E-state index < -0.39 is 0 Å². The summed E-state index contributed by atoms with van der Waals surface area (Å²) in [4.78, 5) is 6.74. The van der Waals surface area contributed by atoms with Crippen LogP contribution in [0.15, 0.2) is 45.8 Å². The van der Waals surface area contributed by atoms with Crippen molar-refractivity contribution >= 4 is 29.9 Å². The van der Waals surface area contributed by atoms with Gasteiger partial charge in [0.05, 0.1) is 19.3 Å². The fraction of sp³-hybridized carbons (Fsp3) is 0.522. The zero-order chi connectivity index (χ0) is 21.6. The summed E-state index contributed by atoms with van der Waals surface area (Å²) in [5.41, 5.74) is 0.698. The molecule has 1 aromatic carbocycles. The number of nitrogens with one attached hydrogen (secondary N) is 2. The number of aryl methyl sites for hydroxylation is 1. The highest BCUT2D eigenvalue weighted by atomic mass is 127. The number of hydrogen-bond acceptors (Lipinski definition) is 4. The molecule has 6 nitrogen and oxygen atoms in total. The number of benzene rings is 1. The Kier molecular flexibility index (Phi) is 9.77. The highest BCUT2D eigenvalue weighted by molar-refractivity contribution is 14.0. The molecule has 3 rings (SSSR count). The fourth-order valence-corrected chi connectivity index (χ4v) is 3.66. The maximum absolute atomic E-state index is 13.6. The molecule has 1 aliphatic heterocycles. The second kappa shape index (κ2) is 11.8. The van der Waals surface area contributed by atoms with E-state index >= 15 is 0 Å². The molecule has 0 aliphatic carbocycles. The first-order chi connectivity index (χ1) is 14.4. The lowest BCUT2D eigenvalue weighted by atomic mass is 9.84. The third kappa shape index (κ3) is 7.18. The zero-order valence-corrected chi connectivity index (χ0v) is 21.1. The maximum Gasteiger partial charge on any atom is 0.191 e. The summed E-state index contributed by atoms with van der Waals surface area (Å²) < 4.78 is 25.1. The Balaban J connectivity index is 0.00000341. The maximum atomic E-state index is 13.6. The van der Waals surface area contributed by atoms with Gasteiger partial charge >= 0.3 is 0 Å². The third-order valence-electron chi connectivity index (χ3n) is 5.57. The van der Waals surface area contributed by atoms with Crippen molar-refractivity contribution in [2.75, 3.05) is 46.4 Å². The molecule has 1 saturated heterocycles. The number of halogens is 2. The van der Waals surface area contributed by atoms with Crippen molar-refractivity contribution in [2.24, 2.45) is 4.99 Å². The van der Waals surface area contributed by atoms with Crippen LogP contribution in [0.1, 0.15) is 37.0 Å². The predicted molar refractivity (Wildman–Crippen MR) is 133 cm³/mol. The van der Waals surface area contributed by atoms with Gasteiger partial charge in [-0.25, -0.2) is 4.39 Å². The van der Waals surface area contributed by atoms with Gasteiger partial charge in [0, 0.05) is 38.6 Å². The summed E-state index contributed by atoms with van der Waals surface area (Å²) in [6, 6.07) is 10.9. The molecule has 0 bridgehead atoms. The van der Waals surface area contributed by atoms with Crippen molar-refractivity contribution in [2.45, 2.75) is 32.2 Å². The van der Waals surface area contributed by atoms with Crippen LogP contribution in [0.3, 0.4) is 0 Å². The minimum Gasteiger partial charge on any atom is -0.465 e. The molecule has 2 aromatic rings. The lowest BCUT2D eigenvalue weighted by Gasteiger charge is -2.34. The zero-order valence-electron chi connectivity index (χ0n) is 18.8. The van der Waals surface area contributed by atoms with Crippen LogP contribution in [0.4, 0.5) is 4.39 Å². The summed E-state index contributed by atoms with van der Waals surface area (Å²) >= 11 is 0. The number of nitrogens with zero attached hydrogens (tertiary/aromatic N) is 2. The van der Waals surface area contributed by atoms with Crippen LogP contribution in [0.5, 0.6) is 0 Å². The van der Waals surface area contributed by atoms with Crippen molar-refractivity contribution < 1.29 is 13.5 Å². The summed E-state index contributed by atoms with van der Waals surface area (Å²) in [5.74, 6) is 2.34. The van der Waals surface area contributed by atoms with Gasteiger partial charge in [-0.2, -0.15) is 0 Å². The van der Waals surface area contributed by atoms with Gasteiger partial charge in [-0.05, 0) is 36.8 Å². The first kappa shape index (κ1) is 25.6. The van der Waals surface area contributed by atoms with Crippen LogP contribution >= 0.6 is 24.0 Å². The molecule has 1 aromatic heterocycles. The van der Waals surface area contributed by atoms with Crippen LogP contribution in [0, 0.1) is 12.7 Å². The molecule has 8 heteroatoms. The minimum atomic E-state index is -0.249. The molecular formula is C23H34FIN4O2. The second-order valence-electron chi connectivity index (χ2n) is 8.31. The molecular weight excluding hydrogens is 510 g/mol. The molecule has 172 valence electrons. The quantitative estimate of drug-likeness (QED) is 0.315. The van der Waals surface area contributed by atoms with Gasteiger partial charge in [0.2, 0.25) is 0 Å². The topological polar surface area (TPSA) is 62.0 Å². The van der Waals surface area contributed by atoms with Gasteiger partial charge in [-0.1, -0.05) is 26.0 Å². The summed E-state index contributed by atoms with van der Waals surface area (Å²) in [7, 11) is 1.76. The van der Waals surface area contributed by atoms with E-state index in [2.05, 4.69) is 34.4 Å². The normalized spacial score (nSPS) is 16.5. The van der Waals surface area contributed by atoms with E-state index in [0.29, 0.717) is 19.0 Å². The monoisotopic (exact) mass is 544 g/mol. The van der Waals surface area contributed by atoms with E-state index in [9.17, 15) is 4.39 Å². The van der Waals surface area contributed by atoms with Gasteiger partial charge in [0.15, 0.2) is 5.96 Å². The van der Waals surface area contributed by atoms with E-state index in [1.807, 2.05) is 25.1 Å². The van der Waals surface area contributed by atoms with Crippen LogP contribution in [-0.4, -0.2) is 57.3 Å². The Labute approximate surface area is 201 Å². The van der Waals surface area contributed by atoms with E-state index in [1.54, 1.807) is 19.2 Å². The summed E-state index contributed by atoms with van der Waals surface area (Å²) in [5, 5.41) is 6.82. The molecule has 0 spiro atoms. The van der Waals surface area contributed by atoms with Gasteiger partial charge in [-0.3, -0.25) is 9.89 Å². The number of hydrogen-bond donors (Lipinski definition) is 2. The summed E-state index contributed by atoms with van der Waals surface area (Å²) in [6.45, 7) is 10.6. The molecule has 1 atom stereocenters. The molecule has 0 amide bonds. The van der Waals surface area contributed by atoms with Crippen LogP contribution in [0.25, 0.3) is 0 Å². The minimum absolute atomic E-state index is 0. The number of rotatable bonds is 7. The van der Waals surface area contributed by atoms with E-state index in [4.69, 9.17) is 9.15 Å². The lowest BCUT2D eigenvalue weighted by Crippen LogP contribution is -2.48. The standard InChI is InChI=1S/C23H33FN4O2.HI/c1-17-8-9-21(30-17)20(28-10-12-29-13-11-28)15-26-22(25-4)27-16-23(2,3)18-6-5-7-19(24)14-18;/h5-9,14,20H,10-13,15-16H2,1-4H3,(H2,25,26,27);1H. The van der Waals surface area contributed by atoms with Gasteiger partial charge < -0.3 is 19.8 Å². The number of morpholine rings is 1. The van der Waals surface area contributed by atoms with E-state index in [1.165, 1.54) is 6.07 Å². The third-order valence-corrected chi connectivity index (χ3v) is 5.57. The first-order valence-electron chi connectivity index (χ1n) is 10.5. The number of furan rings is 1. The van der Waals surface area contributed by atoms with E-state index in [-0.39, 0.29) is 41.3 Å². The highest BCUT2D eigenvalue weighted by Gasteiger charge is 2.26. The molecule has 0 radical (unpaired) electrons. The number of aliphatic imine (C=N–C) groups is 1. The predicted octanol–water partition coefficient (Wildman–Crippen LogP) is 3.86. The molecule has 2 N–H and O–H groups in total. The molecule has 1 unspecified atom stereocenters. The van der Waals surface area contributed by atoms with Crippen molar-refractivity contribution in [3.8, 4) is 0 Å². The highest BCUT2D eigenvalue weighted by Crippen LogP contribution is 2.24. The summed E-state index contributed by atoms with van der Waals surface area (Å²) in [6.07, 6.45) is 0. The second-order valence-corrected chi connectivity index (χ2v) is 8.31. The van der Waals surface area contributed by atoms with Gasteiger partial charge in [0.1, 0.15) is 17.3 Å². The average Bonchev–Trinajstić information content (AvgIpc) is 3.17. The van der Waals surface area contributed by atoms with Gasteiger partial charge in [-0.15, -0.1) is 24.0 Å². The molecule has 0 saturated carbocycles. The Bertz CT molecular complexity index is 850. The van der Waals surface area contributed by atoms with Crippen LogP contribution in [0.2, 0.25) is 0 Å². The van der Waals surface area contributed by atoms with Crippen molar-refractivity contribution in [3.05, 3.63) is 59.3 Å². The SMILES string of the molecule is CN=C(NCC(c1ccc(C)o1)N1CCOCC1)NCC(C)(C)c1cccc(F)c1.I. The number of ether oxygens (including phenoxy) is 1.